The quantitative estimate of drug-likeness (QED) is 0.585. The van der Waals surface area contributed by atoms with Crippen LogP contribution in [0.3, 0.4) is 0 Å². The van der Waals surface area contributed by atoms with Crippen molar-refractivity contribution in [3.63, 3.8) is 0 Å². The van der Waals surface area contributed by atoms with Gasteiger partial charge in [-0.05, 0) is 13.8 Å². The minimum Gasteiger partial charge on any atom is -0.220 e. The van der Waals surface area contributed by atoms with Crippen LogP contribution >= 0.6 is 22.7 Å². The number of rotatable bonds is 0. The van der Waals surface area contributed by atoms with Gasteiger partial charge in [0, 0.05) is 0 Å². The van der Waals surface area contributed by atoms with Gasteiger partial charge < -0.3 is 0 Å². The fraction of sp³-hybridized carbons (Fsp3) is 0.250. The maximum atomic E-state index is 4.47. The van der Waals surface area contributed by atoms with Gasteiger partial charge in [0.05, 0.1) is 10.0 Å². The lowest BCUT2D eigenvalue weighted by Gasteiger charge is -1.85. The van der Waals surface area contributed by atoms with Gasteiger partial charge in [0.25, 0.3) is 0 Å². The number of nitrogens with zero attached hydrogens (tertiary/aromatic N) is 4. The van der Waals surface area contributed by atoms with E-state index in [1.807, 2.05) is 13.8 Å². The first kappa shape index (κ1) is 8.19. The second-order valence-electron chi connectivity index (χ2n) is 2.95. The van der Waals surface area contributed by atoms with Crippen LogP contribution in [0.1, 0.15) is 10.0 Å². The number of aryl methyl sites for hydroxylation is 2. The van der Waals surface area contributed by atoms with E-state index in [2.05, 4.69) is 19.9 Å². The molecular formula is C8H6N4S2. The summed E-state index contributed by atoms with van der Waals surface area (Å²) in [6, 6.07) is 0. The highest BCUT2D eigenvalue weighted by molar-refractivity contribution is 7.19. The molecular weight excluding hydrogens is 216 g/mol. The van der Waals surface area contributed by atoms with Crippen LogP contribution in [0.2, 0.25) is 0 Å². The van der Waals surface area contributed by atoms with Crippen molar-refractivity contribution in [3.05, 3.63) is 10.0 Å². The number of aromatic nitrogens is 4. The van der Waals surface area contributed by atoms with E-state index < -0.39 is 0 Å². The maximum Gasteiger partial charge on any atom is 0.192 e. The van der Waals surface area contributed by atoms with Crippen LogP contribution in [0.25, 0.3) is 21.0 Å². The summed E-state index contributed by atoms with van der Waals surface area (Å²) in [5, 5.41) is 1.99. The molecule has 0 saturated carbocycles. The topological polar surface area (TPSA) is 51.6 Å². The van der Waals surface area contributed by atoms with Gasteiger partial charge in [-0.15, -0.1) is 0 Å². The van der Waals surface area contributed by atoms with Gasteiger partial charge in [-0.3, -0.25) is 0 Å². The normalized spacial score (nSPS) is 11.6. The standard InChI is InChI=1S/C8H6N4S2/c1-3-9-5-7(13-3)12-8-6(11-5)10-4(2)14-8/h1-2H3. The van der Waals surface area contributed by atoms with Gasteiger partial charge in [0.1, 0.15) is 0 Å². The molecule has 0 atom stereocenters. The zero-order valence-electron chi connectivity index (χ0n) is 7.61. The highest BCUT2D eigenvalue weighted by Crippen LogP contribution is 2.24. The van der Waals surface area contributed by atoms with E-state index in [1.54, 1.807) is 22.7 Å². The fourth-order valence-corrected chi connectivity index (χ4v) is 2.82. The molecule has 0 aliphatic heterocycles. The Morgan fingerprint density at radius 3 is 1.71 bits per heavy atom. The zero-order chi connectivity index (χ0) is 9.71. The van der Waals surface area contributed by atoms with Gasteiger partial charge in [-0.25, -0.2) is 19.9 Å². The minimum atomic E-state index is 0.713. The van der Waals surface area contributed by atoms with Gasteiger partial charge in [0.15, 0.2) is 21.0 Å². The van der Waals surface area contributed by atoms with Crippen LogP contribution in [0.5, 0.6) is 0 Å². The molecule has 0 aliphatic carbocycles. The zero-order valence-corrected chi connectivity index (χ0v) is 9.24. The van der Waals surface area contributed by atoms with Crippen molar-refractivity contribution in [1.82, 2.24) is 19.9 Å². The fourth-order valence-electron chi connectivity index (χ4n) is 1.29. The molecule has 0 fully saturated rings. The van der Waals surface area contributed by atoms with Crippen molar-refractivity contribution < 1.29 is 0 Å². The monoisotopic (exact) mass is 222 g/mol. The summed E-state index contributed by atoms with van der Waals surface area (Å²) < 4.78 is 0. The van der Waals surface area contributed by atoms with Gasteiger partial charge in [-0.1, -0.05) is 22.7 Å². The second-order valence-corrected chi connectivity index (χ2v) is 5.31. The molecule has 0 amide bonds. The summed E-state index contributed by atoms with van der Waals surface area (Å²) in [5.74, 6) is 0. The van der Waals surface area contributed by atoms with Gasteiger partial charge >= 0.3 is 0 Å². The minimum absolute atomic E-state index is 0.713. The third-order valence-electron chi connectivity index (χ3n) is 1.81. The third-order valence-corrected chi connectivity index (χ3v) is 3.52. The molecule has 0 N–H and O–H groups in total. The van der Waals surface area contributed by atoms with E-state index in [9.17, 15) is 0 Å². The van der Waals surface area contributed by atoms with E-state index in [0.717, 1.165) is 19.7 Å². The molecule has 3 aromatic heterocycles. The first-order valence-corrected chi connectivity index (χ1v) is 5.74. The lowest BCUT2D eigenvalue weighted by atomic mass is 10.6. The van der Waals surface area contributed by atoms with Crippen LogP contribution in [-0.4, -0.2) is 19.9 Å². The first-order valence-electron chi connectivity index (χ1n) is 4.11. The summed E-state index contributed by atoms with van der Waals surface area (Å²) in [4.78, 5) is 19.2. The molecule has 70 valence electrons. The molecule has 0 bridgehead atoms. The predicted molar refractivity (Wildman–Crippen MR) is 57.9 cm³/mol. The molecule has 0 unspecified atom stereocenters. The molecule has 0 aliphatic rings. The third kappa shape index (κ3) is 1.11. The van der Waals surface area contributed by atoms with Gasteiger partial charge in [-0.2, -0.15) is 0 Å². The average Bonchev–Trinajstić information content (AvgIpc) is 2.59. The van der Waals surface area contributed by atoms with Crippen molar-refractivity contribution in [2.75, 3.05) is 0 Å². The Kier molecular flexibility index (Phi) is 1.57. The smallest absolute Gasteiger partial charge is 0.192 e. The highest BCUT2D eigenvalue weighted by atomic mass is 32.1. The number of fused-ring (bicyclic) bond motifs is 2. The molecule has 6 heteroatoms. The molecule has 3 aromatic rings. The lowest BCUT2D eigenvalue weighted by molar-refractivity contribution is 1.24. The predicted octanol–water partition coefficient (Wildman–Crippen LogP) is 2.31. The Hall–Kier alpha value is -1.14. The van der Waals surface area contributed by atoms with Crippen molar-refractivity contribution in [2.24, 2.45) is 0 Å². The summed E-state index contributed by atoms with van der Waals surface area (Å²) >= 11 is 3.14. The highest BCUT2D eigenvalue weighted by Gasteiger charge is 2.08. The summed E-state index contributed by atoms with van der Waals surface area (Å²) in [7, 11) is 0. The molecule has 0 radical (unpaired) electrons. The van der Waals surface area contributed by atoms with Crippen molar-refractivity contribution >= 4 is 43.6 Å². The molecule has 4 nitrogen and oxygen atoms in total. The second kappa shape index (κ2) is 2.68. The average molecular weight is 222 g/mol. The Balaban J connectivity index is 2.49. The largest absolute Gasteiger partial charge is 0.220 e. The molecule has 14 heavy (non-hydrogen) atoms. The molecule has 0 aromatic carbocycles. The summed E-state index contributed by atoms with van der Waals surface area (Å²) in [6.45, 7) is 3.92. The van der Waals surface area contributed by atoms with Crippen LogP contribution in [0.15, 0.2) is 0 Å². The van der Waals surface area contributed by atoms with Gasteiger partial charge in [0.2, 0.25) is 0 Å². The number of hydrogen-bond acceptors (Lipinski definition) is 6. The molecule has 3 heterocycles. The number of hydrogen-bond donors (Lipinski definition) is 0. The van der Waals surface area contributed by atoms with Crippen molar-refractivity contribution in [3.8, 4) is 0 Å². The maximum absolute atomic E-state index is 4.47. The van der Waals surface area contributed by atoms with E-state index in [1.165, 1.54) is 0 Å². The first-order chi connectivity index (χ1) is 6.72. The van der Waals surface area contributed by atoms with E-state index in [0.29, 0.717) is 11.3 Å². The Morgan fingerprint density at radius 1 is 0.714 bits per heavy atom. The summed E-state index contributed by atoms with van der Waals surface area (Å²) in [5.41, 5.74) is 1.43. The van der Waals surface area contributed by atoms with Crippen LogP contribution in [0, 0.1) is 13.8 Å². The lowest BCUT2D eigenvalue weighted by Crippen LogP contribution is -1.82. The van der Waals surface area contributed by atoms with Crippen LogP contribution < -0.4 is 0 Å². The molecule has 0 spiro atoms. The Bertz CT molecular complexity index is 522. The number of thiazole rings is 2. The van der Waals surface area contributed by atoms with E-state index in [-0.39, 0.29) is 0 Å². The molecule has 3 rings (SSSR count). The van der Waals surface area contributed by atoms with E-state index in [4.69, 9.17) is 0 Å². The SMILES string of the molecule is Cc1nc2nc3nc(C)sc3nc2s1. The van der Waals surface area contributed by atoms with Crippen LogP contribution in [-0.2, 0) is 0 Å². The van der Waals surface area contributed by atoms with E-state index >= 15 is 0 Å². The molecule has 0 saturated heterocycles. The Morgan fingerprint density at radius 2 is 1.21 bits per heavy atom. The van der Waals surface area contributed by atoms with Crippen LogP contribution in [0.4, 0.5) is 0 Å². The van der Waals surface area contributed by atoms with Crippen molar-refractivity contribution in [2.45, 2.75) is 13.8 Å². The summed E-state index contributed by atoms with van der Waals surface area (Å²) in [6.07, 6.45) is 0. The van der Waals surface area contributed by atoms with Crippen molar-refractivity contribution in [1.29, 1.82) is 0 Å². The Labute approximate surface area is 87.7 Å².